The molecule has 8 nitrogen and oxygen atoms in total. The quantitative estimate of drug-likeness (QED) is 0.136. The summed E-state index contributed by atoms with van der Waals surface area (Å²) < 4.78 is 30.6. The number of rotatable bonds is 18. The fourth-order valence-corrected chi connectivity index (χ4v) is 4.34. The Morgan fingerprint density at radius 2 is 1.27 bits per heavy atom. The Labute approximate surface area is 199 Å². The van der Waals surface area contributed by atoms with Crippen LogP contribution in [0.4, 0.5) is 0 Å². The van der Waals surface area contributed by atoms with E-state index in [4.69, 9.17) is 19.9 Å². The number of aliphatic hydroxyl groups is 1. The van der Waals surface area contributed by atoms with Crippen molar-refractivity contribution in [3.8, 4) is 0 Å². The molecule has 0 bridgehead atoms. The smallest absolute Gasteiger partial charge is 0.333 e. The van der Waals surface area contributed by atoms with Crippen LogP contribution in [-0.2, 0) is 19.7 Å². The number of aliphatic carboxylic acids is 2. The molecule has 174 valence electrons. The van der Waals surface area contributed by atoms with Gasteiger partial charge in [0.2, 0.25) is 0 Å². The van der Waals surface area contributed by atoms with Crippen LogP contribution in [0, 0.1) is 0 Å². The monoisotopic (exact) mass is 462 g/mol. The van der Waals surface area contributed by atoms with Gasteiger partial charge in [-0.15, -0.1) is 0 Å². The standard InChI is InChI=1S/C16H33O3S.C4H6O5.Na/c1-2-3-4-5-6-7-8-9-10-11-12-13-14-15-16-20(17,18)19;5-2(4(8)9)1-3(6)7;/h13H,2-12,14-16H2,1H3,(H,17,18,19);2,5H,1H2,(H,6,7)(H,8,9);. The number of carboxylic acid groups (broad SMARTS) is 2. The van der Waals surface area contributed by atoms with E-state index in [9.17, 15) is 18.0 Å². The fourth-order valence-electron chi connectivity index (χ4n) is 2.99. The predicted octanol–water partition coefficient (Wildman–Crippen LogP) is 3.83. The van der Waals surface area contributed by atoms with Crippen molar-refractivity contribution < 1.29 is 37.9 Å². The van der Waals surface area contributed by atoms with E-state index >= 15 is 0 Å². The second-order valence-electron chi connectivity index (χ2n) is 7.96. The average Bonchev–Trinajstić information content (AvgIpc) is 2.62. The Hall–Kier alpha value is -0.190. The summed E-state index contributed by atoms with van der Waals surface area (Å²) in [6.45, 7) is 2.26. The van der Waals surface area contributed by atoms with E-state index in [0.717, 1.165) is 34.4 Å². The molecule has 0 radical (unpaired) electrons. The molecule has 30 heavy (non-hydrogen) atoms. The van der Waals surface area contributed by atoms with E-state index in [1.54, 1.807) is 0 Å². The molecule has 0 aromatic heterocycles. The molecule has 0 fully saturated rings. The number of carboxylic acids is 2. The summed E-state index contributed by atoms with van der Waals surface area (Å²) >= 11 is 1.13. The third kappa shape index (κ3) is 27.8. The van der Waals surface area contributed by atoms with E-state index < -0.39 is 34.6 Å². The molecule has 0 heterocycles. The van der Waals surface area contributed by atoms with Crippen molar-refractivity contribution in [3.05, 3.63) is 0 Å². The Bertz CT molecular complexity index is 539. The predicted molar refractivity (Wildman–Crippen MR) is 118 cm³/mol. The van der Waals surface area contributed by atoms with Crippen molar-refractivity contribution in [2.75, 3.05) is 5.75 Å². The van der Waals surface area contributed by atoms with Gasteiger partial charge >= 0.3 is 155 Å². The molecule has 0 amide bonds. The molecule has 4 N–H and O–H groups in total. The molecule has 10 heteroatoms. The van der Waals surface area contributed by atoms with Crippen molar-refractivity contribution in [1.82, 2.24) is 0 Å². The van der Waals surface area contributed by atoms with Crippen molar-refractivity contribution in [1.29, 1.82) is 0 Å². The van der Waals surface area contributed by atoms with Gasteiger partial charge in [0, 0.05) is 0 Å². The molecule has 0 aromatic carbocycles. The molecular weight excluding hydrogens is 423 g/mol. The van der Waals surface area contributed by atoms with E-state index in [-0.39, 0.29) is 5.75 Å². The van der Waals surface area contributed by atoms with Crippen molar-refractivity contribution >= 4 is 50.0 Å². The van der Waals surface area contributed by atoms with Crippen molar-refractivity contribution in [2.24, 2.45) is 0 Å². The van der Waals surface area contributed by atoms with Crippen LogP contribution in [0.2, 0.25) is 3.17 Å². The molecule has 2 unspecified atom stereocenters. The normalized spacial score (nSPS) is 13.2. The van der Waals surface area contributed by atoms with Gasteiger partial charge in [0.15, 0.2) is 6.10 Å². The fraction of sp³-hybridized carbons (Fsp3) is 0.900. The molecule has 0 saturated heterocycles. The maximum absolute atomic E-state index is 10.6. The van der Waals surface area contributed by atoms with E-state index in [2.05, 4.69) is 6.92 Å². The van der Waals surface area contributed by atoms with Gasteiger partial charge in [-0.2, -0.15) is 0 Å². The Morgan fingerprint density at radius 3 is 1.63 bits per heavy atom. The number of hydrogen-bond donors (Lipinski definition) is 4. The van der Waals surface area contributed by atoms with E-state index in [0.29, 0.717) is 9.59 Å². The first-order valence-electron chi connectivity index (χ1n) is 11.1. The van der Waals surface area contributed by atoms with Crippen LogP contribution in [0.25, 0.3) is 0 Å². The SMILES string of the molecule is CCCCCCCCCCCC[CH]([Na])CCCS(=O)(=O)O.O=C(O)CC(O)C(=O)O. The molecule has 0 aliphatic heterocycles. The summed E-state index contributed by atoms with van der Waals surface area (Å²) in [7, 11) is -3.75. The zero-order valence-corrected chi connectivity index (χ0v) is 21.4. The largest absolute Gasteiger partial charge is 0.481 e. The van der Waals surface area contributed by atoms with Gasteiger partial charge in [-0.1, -0.05) is 6.92 Å². The van der Waals surface area contributed by atoms with Gasteiger partial charge in [-0.25, -0.2) is 4.79 Å². The Balaban J connectivity index is 0. The van der Waals surface area contributed by atoms with Crippen LogP contribution in [-0.4, -0.2) is 80.0 Å². The maximum atomic E-state index is 10.6. The van der Waals surface area contributed by atoms with Gasteiger partial charge < -0.3 is 15.3 Å². The summed E-state index contributed by atoms with van der Waals surface area (Å²) in [4.78, 5) is 19.4. The summed E-state index contributed by atoms with van der Waals surface area (Å²) in [5, 5.41) is 24.1. The molecule has 0 spiro atoms. The van der Waals surface area contributed by atoms with Gasteiger partial charge in [0.1, 0.15) is 0 Å². The first kappa shape index (κ1) is 32.0. The van der Waals surface area contributed by atoms with Crippen LogP contribution >= 0.6 is 0 Å². The van der Waals surface area contributed by atoms with E-state index in [1.807, 2.05) is 0 Å². The zero-order valence-electron chi connectivity index (χ0n) is 18.6. The molecular formula is C20H39NaO8S. The van der Waals surface area contributed by atoms with Gasteiger partial charge in [0.05, 0.1) is 6.42 Å². The molecule has 0 aromatic rings. The minimum Gasteiger partial charge on any atom is -0.481 e. The Morgan fingerprint density at radius 1 is 0.833 bits per heavy atom. The first-order valence-corrected chi connectivity index (χ1v) is 13.8. The summed E-state index contributed by atoms with van der Waals surface area (Å²) in [6.07, 6.45) is 13.9. The van der Waals surface area contributed by atoms with Crippen LogP contribution in [0.3, 0.4) is 0 Å². The third-order valence-corrected chi connectivity index (χ3v) is 6.76. The van der Waals surface area contributed by atoms with Crippen LogP contribution in [0.1, 0.15) is 96.8 Å². The molecule has 0 aliphatic carbocycles. The summed E-state index contributed by atoms with van der Waals surface area (Å²) in [5.74, 6) is -2.91. The number of aliphatic hydroxyl groups excluding tert-OH is 1. The second-order valence-corrected chi connectivity index (χ2v) is 11.2. The molecule has 2 atom stereocenters. The minimum atomic E-state index is -3.75. The van der Waals surface area contributed by atoms with E-state index in [1.165, 1.54) is 70.6 Å². The van der Waals surface area contributed by atoms with Gasteiger partial charge in [0.25, 0.3) is 0 Å². The molecule has 0 rings (SSSR count). The topological polar surface area (TPSA) is 149 Å². The first-order chi connectivity index (χ1) is 14.0. The van der Waals surface area contributed by atoms with Crippen molar-refractivity contribution in [3.63, 3.8) is 0 Å². The van der Waals surface area contributed by atoms with Crippen LogP contribution in [0.15, 0.2) is 0 Å². The van der Waals surface area contributed by atoms with Gasteiger partial charge in [-0.3, -0.25) is 4.79 Å². The molecule has 0 aliphatic rings. The minimum absolute atomic E-state index is 0.0657. The summed E-state index contributed by atoms with van der Waals surface area (Å²) in [6, 6.07) is 0. The number of carbonyl (C=O) groups is 2. The molecule has 0 saturated carbocycles. The number of unbranched alkanes of at least 4 members (excludes halogenated alkanes) is 9. The maximum Gasteiger partial charge on any atom is 0.333 e. The second kappa shape index (κ2) is 20.7. The van der Waals surface area contributed by atoms with Crippen molar-refractivity contribution in [2.45, 2.75) is 106 Å². The van der Waals surface area contributed by atoms with Gasteiger partial charge in [-0.05, 0) is 0 Å². The third-order valence-electron chi connectivity index (χ3n) is 4.80. The Kier molecular flexibility index (Phi) is 22.1. The number of hydrogen-bond acceptors (Lipinski definition) is 5. The summed E-state index contributed by atoms with van der Waals surface area (Å²) in [5.41, 5.74) is 0. The zero-order chi connectivity index (χ0) is 23.4. The van der Waals surface area contributed by atoms with Crippen LogP contribution < -0.4 is 0 Å². The average molecular weight is 463 g/mol. The van der Waals surface area contributed by atoms with Crippen LogP contribution in [0.5, 0.6) is 0 Å².